The van der Waals surface area contributed by atoms with E-state index in [1.54, 1.807) is 0 Å². The average Bonchev–Trinajstić information content (AvgIpc) is 2.34. The summed E-state index contributed by atoms with van der Waals surface area (Å²) in [6, 6.07) is 9.39. The van der Waals surface area contributed by atoms with Crippen molar-refractivity contribution in [3.05, 3.63) is 35.9 Å². The molecule has 0 radical (unpaired) electrons. The molecule has 0 heterocycles. The largest absolute Gasteiger partial charge is 0.409 e. The van der Waals surface area contributed by atoms with E-state index < -0.39 is 18.0 Å². The Morgan fingerprint density at radius 3 is 2.14 bits per heavy atom. The first-order chi connectivity index (χ1) is 9.50. The summed E-state index contributed by atoms with van der Waals surface area (Å²) >= 11 is 16.8. The number of hydrogen-bond donors (Lipinski definition) is 1. The van der Waals surface area contributed by atoms with Gasteiger partial charge < -0.3 is 9.74 Å². The smallest absolute Gasteiger partial charge is 0.272 e. The van der Waals surface area contributed by atoms with Crippen molar-refractivity contribution in [2.45, 2.75) is 42.5 Å². The Labute approximate surface area is 142 Å². The second-order valence-corrected chi connectivity index (χ2v) is 12.6. The van der Waals surface area contributed by atoms with Crippen LogP contribution < -0.4 is 5.32 Å². The van der Waals surface area contributed by atoms with E-state index >= 15 is 0 Å². The topological polar surface area (TPSA) is 38.3 Å². The number of carbonyl (C=O) groups excluding carboxylic acids is 1. The van der Waals surface area contributed by atoms with Gasteiger partial charge in [0.2, 0.25) is 0 Å². The van der Waals surface area contributed by atoms with Gasteiger partial charge in [-0.25, -0.2) is 0 Å². The highest BCUT2D eigenvalue weighted by molar-refractivity contribution is 6.76. The molecule has 0 bridgehead atoms. The molecule has 1 N–H and O–H groups in total. The Morgan fingerprint density at radius 2 is 1.71 bits per heavy atom. The molecule has 0 saturated carbocycles. The van der Waals surface area contributed by atoms with Crippen molar-refractivity contribution in [1.29, 1.82) is 0 Å². The molecule has 1 rings (SSSR count). The lowest BCUT2D eigenvalue weighted by Crippen LogP contribution is -2.45. The fraction of sp³-hybridized carbons (Fsp3) is 0.500. The number of halogens is 3. The number of hydrogen-bond acceptors (Lipinski definition) is 2. The monoisotopic (exact) mass is 367 g/mol. The minimum absolute atomic E-state index is 0.283. The third-order valence-electron chi connectivity index (χ3n) is 2.68. The summed E-state index contributed by atoms with van der Waals surface area (Å²) in [6.45, 7) is 8.11. The molecular weight excluding hydrogens is 349 g/mol. The van der Waals surface area contributed by atoms with Crippen molar-refractivity contribution < 1.29 is 9.22 Å². The van der Waals surface area contributed by atoms with Crippen LogP contribution in [0.5, 0.6) is 0 Å². The van der Waals surface area contributed by atoms with Gasteiger partial charge in [0.25, 0.3) is 9.70 Å². The summed E-state index contributed by atoms with van der Waals surface area (Å²) in [5.74, 6) is -0.653. The minimum Gasteiger partial charge on any atom is -0.409 e. The molecule has 0 fully saturated rings. The van der Waals surface area contributed by atoms with Crippen molar-refractivity contribution in [1.82, 2.24) is 5.32 Å². The van der Waals surface area contributed by atoms with Gasteiger partial charge in [0.15, 0.2) is 8.32 Å². The van der Waals surface area contributed by atoms with Gasteiger partial charge in [-0.05, 0) is 32.1 Å². The summed E-state index contributed by atoms with van der Waals surface area (Å²) in [6.07, 6.45) is -0.283. The lowest BCUT2D eigenvalue weighted by atomic mass is 10.0. The van der Waals surface area contributed by atoms with Crippen LogP contribution in [-0.4, -0.2) is 24.1 Å². The predicted molar refractivity (Wildman–Crippen MR) is 91.5 cm³/mol. The Kier molecular flexibility index (Phi) is 6.56. The second-order valence-electron chi connectivity index (χ2n) is 5.82. The highest BCUT2D eigenvalue weighted by atomic mass is 35.6. The molecule has 0 unspecified atom stereocenters. The fourth-order valence-corrected chi connectivity index (χ4v) is 3.11. The molecule has 0 aliphatic rings. The van der Waals surface area contributed by atoms with Crippen LogP contribution in [0.2, 0.25) is 19.6 Å². The molecule has 1 aromatic carbocycles. The summed E-state index contributed by atoms with van der Waals surface area (Å²) in [5, 5.41) is 2.70. The maximum Gasteiger partial charge on any atom is 0.272 e. The van der Waals surface area contributed by atoms with Gasteiger partial charge in [0, 0.05) is 0 Å². The Bertz CT molecular complexity index is 471. The molecule has 0 aliphatic heterocycles. The third-order valence-corrected chi connectivity index (χ3v) is 4.15. The van der Waals surface area contributed by atoms with E-state index in [0.29, 0.717) is 0 Å². The fourth-order valence-electron chi connectivity index (χ4n) is 1.85. The summed E-state index contributed by atoms with van der Waals surface area (Å²) < 4.78 is 4.22. The zero-order chi connectivity index (χ0) is 16.3. The van der Waals surface area contributed by atoms with Crippen LogP contribution in [0.25, 0.3) is 0 Å². The molecule has 21 heavy (non-hydrogen) atoms. The number of carbonyl (C=O) groups is 1. The summed E-state index contributed by atoms with van der Waals surface area (Å²) in [5.41, 5.74) is 0.983. The van der Waals surface area contributed by atoms with Gasteiger partial charge in [0.1, 0.15) is 0 Å². The normalized spacial score (nSPS) is 15.4. The maximum absolute atomic E-state index is 11.8. The van der Waals surface area contributed by atoms with E-state index in [4.69, 9.17) is 39.2 Å². The van der Waals surface area contributed by atoms with Crippen LogP contribution in [0, 0.1) is 0 Å². The number of amides is 1. The molecule has 0 aromatic heterocycles. The molecule has 7 heteroatoms. The maximum atomic E-state index is 11.8. The van der Waals surface area contributed by atoms with Crippen LogP contribution in [-0.2, 0) is 9.22 Å². The van der Waals surface area contributed by atoms with Gasteiger partial charge >= 0.3 is 0 Å². The van der Waals surface area contributed by atoms with Crippen LogP contribution in [0.15, 0.2) is 30.3 Å². The number of alkyl halides is 3. The Balaban J connectivity index is 2.94. The standard InChI is InChI=1S/C14H20Cl3NO2Si/c1-10(18-13(19)14(15,16)17)12(20-21(2,3)4)11-8-6-5-7-9-11/h5-10,12H,1-4H3,(H,18,19)/t10-,12+/m0/s1. The van der Waals surface area contributed by atoms with E-state index in [-0.39, 0.29) is 12.1 Å². The summed E-state index contributed by atoms with van der Waals surface area (Å²) in [7, 11) is -1.81. The van der Waals surface area contributed by atoms with E-state index in [9.17, 15) is 4.79 Å². The van der Waals surface area contributed by atoms with Crippen LogP contribution in [0.1, 0.15) is 18.6 Å². The molecule has 1 aromatic rings. The van der Waals surface area contributed by atoms with Crippen LogP contribution in [0.3, 0.4) is 0 Å². The summed E-state index contributed by atoms with van der Waals surface area (Å²) in [4.78, 5) is 11.8. The molecule has 0 aliphatic carbocycles. The van der Waals surface area contributed by atoms with Crippen molar-refractivity contribution in [3.63, 3.8) is 0 Å². The zero-order valence-corrected chi connectivity index (χ0v) is 15.8. The number of nitrogens with one attached hydrogen (secondary N) is 1. The van der Waals surface area contributed by atoms with Gasteiger partial charge in [-0.3, -0.25) is 4.79 Å². The molecule has 1 amide bonds. The average molecular weight is 369 g/mol. The van der Waals surface area contributed by atoms with Crippen molar-refractivity contribution >= 4 is 49.0 Å². The number of benzene rings is 1. The van der Waals surface area contributed by atoms with Gasteiger partial charge in [-0.15, -0.1) is 0 Å². The molecule has 118 valence electrons. The van der Waals surface area contributed by atoms with Crippen molar-refractivity contribution in [2.24, 2.45) is 0 Å². The quantitative estimate of drug-likeness (QED) is 0.616. The van der Waals surface area contributed by atoms with Gasteiger partial charge in [-0.2, -0.15) is 0 Å². The first kappa shape index (κ1) is 18.8. The second kappa shape index (κ2) is 7.33. The zero-order valence-electron chi connectivity index (χ0n) is 12.5. The van der Waals surface area contributed by atoms with Crippen LogP contribution >= 0.6 is 34.8 Å². The van der Waals surface area contributed by atoms with Crippen LogP contribution in [0.4, 0.5) is 0 Å². The molecule has 2 atom stereocenters. The Hall–Kier alpha value is -0.263. The first-order valence-corrected chi connectivity index (χ1v) is 11.2. The molecule has 0 spiro atoms. The van der Waals surface area contributed by atoms with E-state index in [1.165, 1.54) is 0 Å². The van der Waals surface area contributed by atoms with Gasteiger partial charge in [0.05, 0.1) is 12.1 Å². The highest BCUT2D eigenvalue weighted by Crippen LogP contribution is 2.29. The highest BCUT2D eigenvalue weighted by Gasteiger charge is 2.34. The minimum atomic E-state index is -1.98. The molecule has 3 nitrogen and oxygen atoms in total. The van der Waals surface area contributed by atoms with E-state index in [2.05, 4.69) is 25.0 Å². The Morgan fingerprint density at radius 1 is 1.19 bits per heavy atom. The molecule has 0 saturated heterocycles. The number of rotatable bonds is 5. The first-order valence-electron chi connectivity index (χ1n) is 6.61. The third kappa shape index (κ3) is 6.57. The predicted octanol–water partition coefficient (Wildman–Crippen LogP) is 4.45. The van der Waals surface area contributed by atoms with Gasteiger partial charge in [-0.1, -0.05) is 65.1 Å². The lowest BCUT2D eigenvalue weighted by molar-refractivity contribution is -0.121. The van der Waals surface area contributed by atoms with Crippen molar-refractivity contribution in [2.75, 3.05) is 0 Å². The van der Waals surface area contributed by atoms with E-state index in [1.807, 2.05) is 37.3 Å². The lowest BCUT2D eigenvalue weighted by Gasteiger charge is -2.32. The van der Waals surface area contributed by atoms with E-state index in [0.717, 1.165) is 5.56 Å². The molecular formula is C14H20Cl3NO2Si. The SMILES string of the molecule is C[C@H](NC(=O)C(Cl)(Cl)Cl)[C@@H](O[Si](C)(C)C)c1ccccc1. The van der Waals surface area contributed by atoms with Crippen molar-refractivity contribution in [3.8, 4) is 0 Å².